The SMILES string of the molecule is CC(C)C1=C(O)N(C)C(c2nc3ccccc3cc2C(=O)O)N1. The van der Waals surface area contributed by atoms with Gasteiger partial charge in [-0.3, -0.25) is 0 Å². The minimum absolute atomic E-state index is 0.0937. The molecule has 0 aliphatic carbocycles. The van der Waals surface area contributed by atoms with E-state index in [1.54, 1.807) is 18.0 Å². The zero-order valence-electron chi connectivity index (χ0n) is 13.2. The molecule has 1 aromatic carbocycles. The van der Waals surface area contributed by atoms with E-state index in [1.165, 1.54) is 0 Å². The number of carboxylic acid groups (broad SMARTS) is 1. The molecule has 0 radical (unpaired) electrons. The van der Waals surface area contributed by atoms with Gasteiger partial charge in [0.25, 0.3) is 0 Å². The first-order chi connectivity index (χ1) is 10.9. The molecule has 1 unspecified atom stereocenters. The molecule has 3 rings (SSSR count). The summed E-state index contributed by atoms with van der Waals surface area (Å²) in [7, 11) is 1.71. The lowest BCUT2D eigenvalue weighted by Crippen LogP contribution is -2.29. The van der Waals surface area contributed by atoms with Gasteiger partial charge < -0.3 is 20.4 Å². The molecule has 1 atom stereocenters. The van der Waals surface area contributed by atoms with E-state index in [9.17, 15) is 15.0 Å². The van der Waals surface area contributed by atoms with Crippen molar-refractivity contribution in [3.63, 3.8) is 0 Å². The minimum Gasteiger partial charge on any atom is -0.493 e. The second-order valence-corrected chi connectivity index (χ2v) is 5.97. The molecular weight excluding hydrogens is 294 g/mol. The molecule has 2 aromatic rings. The highest BCUT2D eigenvalue weighted by Crippen LogP contribution is 2.32. The topological polar surface area (TPSA) is 85.7 Å². The van der Waals surface area contributed by atoms with Crippen molar-refractivity contribution in [2.24, 2.45) is 5.92 Å². The molecule has 6 heteroatoms. The second kappa shape index (κ2) is 5.46. The number of aromatic nitrogens is 1. The summed E-state index contributed by atoms with van der Waals surface area (Å²) in [4.78, 5) is 17.8. The van der Waals surface area contributed by atoms with Crippen LogP contribution in [0.2, 0.25) is 0 Å². The zero-order chi connectivity index (χ0) is 16.7. The number of aromatic carboxylic acids is 1. The van der Waals surface area contributed by atoms with Crippen LogP contribution in [0.5, 0.6) is 0 Å². The fourth-order valence-electron chi connectivity index (χ4n) is 2.81. The van der Waals surface area contributed by atoms with Crippen molar-refractivity contribution in [3.05, 3.63) is 53.2 Å². The van der Waals surface area contributed by atoms with Gasteiger partial charge in [-0.15, -0.1) is 0 Å². The van der Waals surface area contributed by atoms with E-state index < -0.39 is 12.1 Å². The number of benzene rings is 1. The number of hydrogen-bond donors (Lipinski definition) is 3. The Labute approximate surface area is 134 Å². The predicted octanol–water partition coefficient (Wildman–Crippen LogP) is 2.85. The maximum atomic E-state index is 11.7. The summed E-state index contributed by atoms with van der Waals surface area (Å²) in [5.74, 6) is -0.821. The van der Waals surface area contributed by atoms with Gasteiger partial charge in [-0.2, -0.15) is 0 Å². The van der Waals surface area contributed by atoms with Crippen LogP contribution in [0.25, 0.3) is 10.9 Å². The number of aliphatic hydroxyl groups excluding tert-OH is 1. The van der Waals surface area contributed by atoms with E-state index in [0.29, 0.717) is 11.4 Å². The lowest BCUT2D eigenvalue weighted by atomic mass is 10.1. The van der Waals surface area contributed by atoms with E-state index in [-0.39, 0.29) is 17.4 Å². The van der Waals surface area contributed by atoms with Crippen molar-refractivity contribution >= 4 is 16.9 Å². The summed E-state index contributed by atoms with van der Waals surface area (Å²) >= 11 is 0. The monoisotopic (exact) mass is 313 g/mol. The molecule has 1 aliphatic heterocycles. The molecule has 1 aliphatic rings. The van der Waals surface area contributed by atoms with E-state index in [4.69, 9.17) is 0 Å². The molecular formula is C17H19N3O3. The number of pyridine rings is 1. The van der Waals surface area contributed by atoms with Gasteiger partial charge in [0.15, 0.2) is 0 Å². The highest BCUT2D eigenvalue weighted by Gasteiger charge is 2.34. The van der Waals surface area contributed by atoms with E-state index in [0.717, 1.165) is 10.9 Å². The third-order valence-corrected chi connectivity index (χ3v) is 4.07. The average Bonchev–Trinajstić information content (AvgIpc) is 2.82. The largest absolute Gasteiger partial charge is 0.493 e. The molecule has 120 valence electrons. The number of rotatable bonds is 3. The minimum atomic E-state index is -1.04. The fraction of sp³-hybridized carbons (Fsp3) is 0.294. The molecule has 23 heavy (non-hydrogen) atoms. The lowest BCUT2D eigenvalue weighted by Gasteiger charge is -2.23. The van der Waals surface area contributed by atoms with E-state index >= 15 is 0 Å². The van der Waals surface area contributed by atoms with Gasteiger partial charge in [-0.1, -0.05) is 32.0 Å². The highest BCUT2D eigenvalue weighted by atomic mass is 16.4. The van der Waals surface area contributed by atoms with Crippen LogP contribution in [-0.4, -0.2) is 33.1 Å². The number of carboxylic acids is 1. The van der Waals surface area contributed by atoms with Gasteiger partial charge in [0, 0.05) is 12.4 Å². The molecule has 0 saturated heterocycles. The second-order valence-electron chi connectivity index (χ2n) is 5.97. The Morgan fingerprint density at radius 3 is 2.65 bits per heavy atom. The quantitative estimate of drug-likeness (QED) is 0.808. The number of nitrogens with zero attached hydrogens (tertiary/aromatic N) is 2. The first kappa shape index (κ1) is 15.1. The summed E-state index contributed by atoms with van der Waals surface area (Å²) in [5.41, 5.74) is 1.93. The molecule has 0 bridgehead atoms. The van der Waals surface area contributed by atoms with Crippen molar-refractivity contribution in [2.75, 3.05) is 7.05 Å². The smallest absolute Gasteiger partial charge is 0.337 e. The van der Waals surface area contributed by atoms with Crippen molar-refractivity contribution in [2.45, 2.75) is 20.0 Å². The number of hydrogen-bond acceptors (Lipinski definition) is 5. The molecule has 1 aromatic heterocycles. The summed E-state index contributed by atoms with van der Waals surface area (Å²) in [5, 5.41) is 23.8. The summed E-state index contributed by atoms with van der Waals surface area (Å²) in [6.07, 6.45) is -0.511. The third-order valence-electron chi connectivity index (χ3n) is 4.07. The maximum Gasteiger partial charge on any atom is 0.337 e. The van der Waals surface area contributed by atoms with Crippen LogP contribution in [0.15, 0.2) is 41.9 Å². The van der Waals surface area contributed by atoms with Gasteiger partial charge >= 0.3 is 5.97 Å². The Kier molecular flexibility index (Phi) is 3.60. The van der Waals surface area contributed by atoms with Crippen LogP contribution in [0, 0.1) is 5.92 Å². The molecule has 2 heterocycles. The first-order valence-corrected chi connectivity index (χ1v) is 7.45. The molecule has 0 spiro atoms. The Hall–Kier alpha value is -2.76. The number of fused-ring (bicyclic) bond motifs is 1. The van der Waals surface area contributed by atoms with Crippen molar-refractivity contribution in [1.29, 1.82) is 0 Å². The average molecular weight is 313 g/mol. The summed E-state index contributed by atoms with van der Waals surface area (Å²) in [6, 6.07) is 9.01. The normalized spacial score (nSPS) is 17.9. The number of allylic oxidation sites excluding steroid dienone is 1. The van der Waals surface area contributed by atoms with Crippen LogP contribution in [0.1, 0.15) is 36.1 Å². The summed E-state index contributed by atoms with van der Waals surface area (Å²) in [6.45, 7) is 3.92. The number of nitrogens with one attached hydrogen (secondary N) is 1. The van der Waals surface area contributed by atoms with Gasteiger partial charge in [0.05, 0.1) is 22.5 Å². The van der Waals surface area contributed by atoms with Gasteiger partial charge in [0.2, 0.25) is 5.88 Å². The van der Waals surface area contributed by atoms with Crippen LogP contribution in [0.3, 0.4) is 0 Å². The molecule has 0 amide bonds. The number of aliphatic hydroxyl groups is 1. The first-order valence-electron chi connectivity index (χ1n) is 7.45. The molecule has 0 saturated carbocycles. The Balaban J connectivity index is 2.13. The fourth-order valence-corrected chi connectivity index (χ4v) is 2.81. The van der Waals surface area contributed by atoms with Crippen LogP contribution < -0.4 is 5.32 Å². The third kappa shape index (κ3) is 2.46. The van der Waals surface area contributed by atoms with Gasteiger partial charge in [-0.25, -0.2) is 9.78 Å². The molecule has 3 N–H and O–H groups in total. The van der Waals surface area contributed by atoms with Crippen molar-refractivity contribution < 1.29 is 15.0 Å². The Morgan fingerprint density at radius 1 is 1.35 bits per heavy atom. The zero-order valence-corrected chi connectivity index (χ0v) is 13.2. The highest BCUT2D eigenvalue weighted by molar-refractivity contribution is 5.94. The van der Waals surface area contributed by atoms with Gasteiger partial charge in [0.1, 0.15) is 6.17 Å². The van der Waals surface area contributed by atoms with Crippen LogP contribution in [-0.2, 0) is 0 Å². The molecule has 6 nitrogen and oxygen atoms in total. The maximum absolute atomic E-state index is 11.7. The Morgan fingerprint density at radius 2 is 2.04 bits per heavy atom. The number of carbonyl (C=O) groups is 1. The molecule has 0 fully saturated rings. The van der Waals surface area contributed by atoms with E-state index in [2.05, 4.69) is 10.3 Å². The van der Waals surface area contributed by atoms with Crippen molar-refractivity contribution in [3.8, 4) is 0 Å². The standard InChI is InChI=1S/C17H19N3O3/c1-9(2)13-16(21)20(3)15(19-13)14-11(17(22)23)8-10-6-4-5-7-12(10)18-14/h4-9,15,19,21H,1-3H3,(H,22,23). The predicted molar refractivity (Wildman–Crippen MR) is 86.8 cm³/mol. The number of para-hydroxylation sites is 1. The van der Waals surface area contributed by atoms with E-state index in [1.807, 2.05) is 38.1 Å². The Bertz CT molecular complexity index is 814. The van der Waals surface area contributed by atoms with Crippen molar-refractivity contribution in [1.82, 2.24) is 15.2 Å². The summed E-state index contributed by atoms with van der Waals surface area (Å²) < 4.78 is 0. The lowest BCUT2D eigenvalue weighted by molar-refractivity contribution is 0.0691. The van der Waals surface area contributed by atoms with Crippen LogP contribution in [0.4, 0.5) is 0 Å². The van der Waals surface area contributed by atoms with Crippen LogP contribution >= 0.6 is 0 Å². The van der Waals surface area contributed by atoms with Gasteiger partial charge in [-0.05, 0) is 18.1 Å².